The Bertz CT molecular complexity index is 183. The SMILES string of the molecule is CCCCCC(NC(C)CC)C(=O)OCC. The van der Waals surface area contributed by atoms with Crippen molar-refractivity contribution in [3.8, 4) is 0 Å². The van der Waals surface area contributed by atoms with Crippen LogP contribution in [-0.4, -0.2) is 24.7 Å². The molecule has 0 aromatic heterocycles. The molecule has 16 heavy (non-hydrogen) atoms. The quantitative estimate of drug-likeness (QED) is 0.488. The monoisotopic (exact) mass is 229 g/mol. The molecule has 0 aliphatic carbocycles. The number of rotatable bonds is 9. The van der Waals surface area contributed by atoms with Crippen LogP contribution < -0.4 is 5.32 Å². The van der Waals surface area contributed by atoms with Crippen molar-refractivity contribution >= 4 is 5.97 Å². The fraction of sp³-hybridized carbons (Fsp3) is 0.923. The summed E-state index contributed by atoms with van der Waals surface area (Å²) in [7, 11) is 0. The number of hydrogen-bond acceptors (Lipinski definition) is 3. The largest absolute Gasteiger partial charge is 0.465 e. The molecular weight excluding hydrogens is 202 g/mol. The maximum absolute atomic E-state index is 11.7. The van der Waals surface area contributed by atoms with Crippen LogP contribution >= 0.6 is 0 Å². The zero-order valence-electron chi connectivity index (χ0n) is 11.2. The first-order valence-corrected chi connectivity index (χ1v) is 6.58. The Balaban J connectivity index is 4.09. The molecule has 96 valence electrons. The van der Waals surface area contributed by atoms with Gasteiger partial charge in [-0.1, -0.05) is 33.1 Å². The average molecular weight is 229 g/mol. The van der Waals surface area contributed by atoms with Gasteiger partial charge in [0.2, 0.25) is 0 Å². The topological polar surface area (TPSA) is 38.3 Å². The number of ether oxygens (including phenoxy) is 1. The molecule has 0 heterocycles. The van der Waals surface area contributed by atoms with E-state index in [-0.39, 0.29) is 12.0 Å². The predicted octanol–water partition coefficient (Wildman–Crippen LogP) is 2.89. The molecule has 0 aromatic carbocycles. The zero-order valence-corrected chi connectivity index (χ0v) is 11.2. The van der Waals surface area contributed by atoms with Gasteiger partial charge in [-0.15, -0.1) is 0 Å². The van der Waals surface area contributed by atoms with Gasteiger partial charge >= 0.3 is 5.97 Å². The van der Waals surface area contributed by atoms with E-state index >= 15 is 0 Å². The van der Waals surface area contributed by atoms with Crippen molar-refractivity contribution in [1.29, 1.82) is 0 Å². The Hall–Kier alpha value is -0.570. The lowest BCUT2D eigenvalue weighted by Gasteiger charge is -2.21. The molecule has 0 saturated heterocycles. The number of nitrogens with one attached hydrogen (secondary N) is 1. The molecule has 2 atom stereocenters. The summed E-state index contributed by atoms with van der Waals surface area (Å²) in [5.74, 6) is -0.0982. The molecule has 1 N–H and O–H groups in total. The van der Waals surface area contributed by atoms with E-state index in [4.69, 9.17) is 4.74 Å². The molecule has 0 bridgehead atoms. The molecular formula is C13H27NO2. The molecule has 2 unspecified atom stereocenters. The highest BCUT2D eigenvalue weighted by Crippen LogP contribution is 2.07. The van der Waals surface area contributed by atoms with E-state index in [2.05, 4.69) is 26.1 Å². The van der Waals surface area contributed by atoms with E-state index in [9.17, 15) is 4.79 Å². The second kappa shape index (κ2) is 9.64. The predicted molar refractivity (Wildman–Crippen MR) is 67.5 cm³/mol. The number of carbonyl (C=O) groups is 1. The second-order valence-corrected chi connectivity index (χ2v) is 4.28. The van der Waals surface area contributed by atoms with Crippen LogP contribution in [0, 0.1) is 0 Å². The van der Waals surface area contributed by atoms with Crippen LogP contribution in [0.2, 0.25) is 0 Å². The number of carbonyl (C=O) groups excluding carboxylic acids is 1. The summed E-state index contributed by atoms with van der Waals surface area (Å²) in [5, 5.41) is 3.34. The van der Waals surface area contributed by atoms with E-state index in [0.717, 1.165) is 19.3 Å². The summed E-state index contributed by atoms with van der Waals surface area (Å²) in [6.07, 6.45) is 5.36. The fourth-order valence-corrected chi connectivity index (χ4v) is 1.57. The van der Waals surface area contributed by atoms with E-state index in [0.29, 0.717) is 12.6 Å². The maximum atomic E-state index is 11.7. The average Bonchev–Trinajstić information content (AvgIpc) is 2.28. The molecule has 0 aliphatic heterocycles. The van der Waals surface area contributed by atoms with Gasteiger partial charge in [-0.2, -0.15) is 0 Å². The minimum atomic E-state index is -0.124. The molecule has 3 heteroatoms. The lowest BCUT2D eigenvalue weighted by molar-refractivity contribution is -0.146. The van der Waals surface area contributed by atoms with E-state index in [1.165, 1.54) is 12.8 Å². The molecule has 0 aromatic rings. The summed E-state index contributed by atoms with van der Waals surface area (Å²) in [6.45, 7) is 8.70. The van der Waals surface area contributed by atoms with Gasteiger partial charge in [-0.3, -0.25) is 4.79 Å². The standard InChI is InChI=1S/C13H27NO2/c1-5-8-9-10-12(13(15)16-7-3)14-11(4)6-2/h11-12,14H,5-10H2,1-4H3. The molecule has 0 rings (SSSR count). The van der Waals surface area contributed by atoms with Gasteiger partial charge in [0.05, 0.1) is 6.61 Å². The van der Waals surface area contributed by atoms with Crippen LogP contribution in [0.3, 0.4) is 0 Å². The molecule has 3 nitrogen and oxygen atoms in total. The third kappa shape index (κ3) is 6.83. The van der Waals surface area contributed by atoms with Crippen molar-refractivity contribution in [2.45, 2.75) is 71.9 Å². The maximum Gasteiger partial charge on any atom is 0.323 e. The molecule has 0 amide bonds. The highest BCUT2D eigenvalue weighted by atomic mass is 16.5. The summed E-state index contributed by atoms with van der Waals surface area (Å²) in [4.78, 5) is 11.7. The highest BCUT2D eigenvalue weighted by Gasteiger charge is 2.20. The van der Waals surface area contributed by atoms with Crippen LogP contribution in [0.4, 0.5) is 0 Å². The summed E-state index contributed by atoms with van der Waals surface area (Å²) >= 11 is 0. The van der Waals surface area contributed by atoms with Gasteiger partial charge in [-0.25, -0.2) is 0 Å². The van der Waals surface area contributed by atoms with Crippen LogP contribution in [0.25, 0.3) is 0 Å². The molecule has 0 radical (unpaired) electrons. The number of unbranched alkanes of at least 4 members (excludes halogenated alkanes) is 2. The first-order chi connectivity index (χ1) is 7.65. The van der Waals surface area contributed by atoms with Gasteiger partial charge < -0.3 is 10.1 Å². The Kier molecular flexibility index (Phi) is 9.30. The smallest absolute Gasteiger partial charge is 0.323 e. The van der Waals surface area contributed by atoms with E-state index in [1.807, 2.05) is 6.92 Å². The molecule has 0 spiro atoms. The summed E-state index contributed by atoms with van der Waals surface area (Å²) in [5.41, 5.74) is 0. The molecule has 0 fully saturated rings. The molecule has 0 saturated carbocycles. The third-order valence-electron chi connectivity index (χ3n) is 2.77. The third-order valence-corrected chi connectivity index (χ3v) is 2.77. The first kappa shape index (κ1) is 15.4. The van der Waals surface area contributed by atoms with Crippen molar-refractivity contribution < 1.29 is 9.53 Å². The van der Waals surface area contributed by atoms with Gasteiger partial charge in [-0.05, 0) is 26.7 Å². The highest BCUT2D eigenvalue weighted by molar-refractivity contribution is 5.75. The Morgan fingerprint density at radius 3 is 2.44 bits per heavy atom. The lowest BCUT2D eigenvalue weighted by Crippen LogP contribution is -2.42. The summed E-state index contributed by atoms with van der Waals surface area (Å²) in [6, 6.07) is 0.248. The Morgan fingerprint density at radius 1 is 1.25 bits per heavy atom. The van der Waals surface area contributed by atoms with Crippen molar-refractivity contribution in [2.24, 2.45) is 0 Å². The number of esters is 1. The van der Waals surface area contributed by atoms with Crippen molar-refractivity contribution in [3.05, 3.63) is 0 Å². The van der Waals surface area contributed by atoms with E-state index in [1.54, 1.807) is 0 Å². The van der Waals surface area contributed by atoms with Gasteiger partial charge in [0, 0.05) is 6.04 Å². The normalized spacial score (nSPS) is 14.5. The van der Waals surface area contributed by atoms with Crippen LogP contribution in [0.15, 0.2) is 0 Å². The van der Waals surface area contributed by atoms with Crippen molar-refractivity contribution in [2.75, 3.05) is 6.61 Å². The minimum Gasteiger partial charge on any atom is -0.465 e. The van der Waals surface area contributed by atoms with Gasteiger partial charge in [0.1, 0.15) is 6.04 Å². The Morgan fingerprint density at radius 2 is 1.94 bits per heavy atom. The first-order valence-electron chi connectivity index (χ1n) is 6.58. The van der Waals surface area contributed by atoms with Crippen molar-refractivity contribution in [3.63, 3.8) is 0 Å². The fourth-order valence-electron chi connectivity index (χ4n) is 1.57. The summed E-state index contributed by atoms with van der Waals surface area (Å²) < 4.78 is 5.08. The van der Waals surface area contributed by atoms with Crippen LogP contribution in [0.5, 0.6) is 0 Å². The van der Waals surface area contributed by atoms with Gasteiger partial charge in [0.15, 0.2) is 0 Å². The van der Waals surface area contributed by atoms with Crippen LogP contribution in [-0.2, 0) is 9.53 Å². The minimum absolute atomic E-state index is 0.0982. The number of hydrogen-bond donors (Lipinski definition) is 1. The lowest BCUT2D eigenvalue weighted by atomic mass is 10.1. The van der Waals surface area contributed by atoms with Gasteiger partial charge in [0.25, 0.3) is 0 Å². The molecule has 0 aliphatic rings. The van der Waals surface area contributed by atoms with E-state index < -0.39 is 0 Å². The Labute approximate surface area is 99.9 Å². The second-order valence-electron chi connectivity index (χ2n) is 4.28. The zero-order chi connectivity index (χ0) is 12.4. The van der Waals surface area contributed by atoms with Crippen LogP contribution in [0.1, 0.15) is 59.8 Å². The van der Waals surface area contributed by atoms with Crippen molar-refractivity contribution in [1.82, 2.24) is 5.32 Å².